The maximum atomic E-state index is 14.4. The van der Waals surface area contributed by atoms with E-state index in [0.717, 1.165) is 16.8 Å². The molecule has 3 N–H and O–H groups in total. The van der Waals surface area contributed by atoms with Crippen LogP contribution in [0.15, 0.2) is 30.3 Å². The molecule has 2 amide bonds. The fourth-order valence-corrected chi connectivity index (χ4v) is 3.49. The minimum atomic E-state index is -0.609. The first-order chi connectivity index (χ1) is 12.8. The molecule has 142 valence electrons. The van der Waals surface area contributed by atoms with Gasteiger partial charge in [-0.3, -0.25) is 19.7 Å². The van der Waals surface area contributed by atoms with Crippen LogP contribution in [0.2, 0.25) is 0 Å². The summed E-state index contributed by atoms with van der Waals surface area (Å²) in [7, 11) is 0. The highest BCUT2D eigenvalue weighted by atomic mass is 19.1. The fraction of sp³-hybridized carbons (Fsp3) is 0.300. The summed E-state index contributed by atoms with van der Waals surface area (Å²) in [5.74, 6) is -1.32. The van der Waals surface area contributed by atoms with Crippen molar-refractivity contribution in [2.45, 2.75) is 39.8 Å². The molecule has 27 heavy (non-hydrogen) atoms. The number of nitrogens with one attached hydrogen (secondary N) is 2. The Morgan fingerprint density at radius 2 is 1.96 bits per heavy atom. The molecule has 0 saturated carbocycles. The van der Waals surface area contributed by atoms with Gasteiger partial charge in [0.05, 0.1) is 16.9 Å². The van der Waals surface area contributed by atoms with E-state index < -0.39 is 11.7 Å². The maximum Gasteiger partial charge on any atom is 0.262 e. The zero-order valence-corrected chi connectivity index (χ0v) is 15.5. The third-order valence-corrected chi connectivity index (χ3v) is 4.81. The Kier molecular flexibility index (Phi) is 5.14. The molecule has 1 heterocycles. The van der Waals surface area contributed by atoms with Crippen molar-refractivity contribution in [3.8, 4) is 0 Å². The van der Waals surface area contributed by atoms with Gasteiger partial charge in [0.15, 0.2) is 0 Å². The SMILES string of the molecule is Cc1cccc(C)c1N1C(=O)c2cc(CCC(=O)NO)c(F)cc2NC1C. The number of hydroxylamine groups is 1. The molecular formula is C20H22FN3O3. The largest absolute Gasteiger partial charge is 0.364 e. The van der Waals surface area contributed by atoms with E-state index >= 15 is 0 Å². The molecule has 2 aromatic rings. The Labute approximate surface area is 156 Å². The average Bonchev–Trinajstić information content (AvgIpc) is 2.62. The molecule has 0 saturated heterocycles. The quantitative estimate of drug-likeness (QED) is 0.569. The van der Waals surface area contributed by atoms with Crippen molar-refractivity contribution < 1.29 is 19.2 Å². The number of nitrogens with zero attached hydrogens (tertiary/aromatic N) is 1. The first kappa shape index (κ1) is 18.8. The Hall–Kier alpha value is -2.93. The second-order valence-electron chi connectivity index (χ2n) is 6.76. The molecule has 1 aliphatic heterocycles. The van der Waals surface area contributed by atoms with Crippen LogP contribution in [-0.2, 0) is 11.2 Å². The number of rotatable bonds is 4. The van der Waals surface area contributed by atoms with Crippen LogP contribution in [0.4, 0.5) is 15.8 Å². The van der Waals surface area contributed by atoms with E-state index in [0.29, 0.717) is 11.3 Å². The second-order valence-corrected chi connectivity index (χ2v) is 6.76. The zero-order valence-electron chi connectivity index (χ0n) is 15.5. The highest BCUT2D eigenvalue weighted by Gasteiger charge is 2.33. The highest BCUT2D eigenvalue weighted by molar-refractivity contribution is 6.12. The number of para-hydroxylation sites is 1. The maximum absolute atomic E-state index is 14.4. The van der Waals surface area contributed by atoms with E-state index in [1.807, 2.05) is 39.0 Å². The summed E-state index contributed by atoms with van der Waals surface area (Å²) in [6.07, 6.45) is -0.335. The van der Waals surface area contributed by atoms with Crippen LogP contribution >= 0.6 is 0 Å². The lowest BCUT2D eigenvalue weighted by molar-refractivity contribution is -0.129. The molecule has 6 nitrogen and oxygen atoms in total. The van der Waals surface area contributed by atoms with Crippen molar-refractivity contribution in [3.05, 3.63) is 58.4 Å². The van der Waals surface area contributed by atoms with Crippen LogP contribution in [0.3, 0.4) is 0 Å². The van der Waals surface area contributed by atoms with Gasteiger partial charge in [-0.25, -0.2) is 9.87 Å². The number of carbonyl (C=O) groups excluding carboxylic acids is 2. The lowest BCUT2D eigenvalue weighted by Gasteiger charge is -2.37. The van der Waals surface area contributed by atoms with Crippen LogP contribution in [0.1, 0.15) is 40.4 Å². The predicted molar refractivity (Wildman–Crippen MR) is 100 cm³/mol. The summed E-state index contributed by atoms with van der Waals surface area (Å²) >= 11 is 0. The molecule has 0 fully saturated rings. The summed E-state index contributed by atoms with van der Waals surface area (Å²) in [6.45, 7) is 5.74. The van der Waals surface area contributed by atoms with E-state index in [-0.39, 0.29) is 30.5 Å². The minimum absolute atomic E-state index is 0.0785. The fourth-order valence-electron chi connectivity index (χ4n) is 3.49. The molecule has 0 spiro atoms. The molecule has 2 aromatic carbocycles. The molecule has 3 rings (SSSR count). The van der Waals surface area contributed by atoms with Crippen molar-refractivity contribution >= 4 is 23.2 Å². The first-order valence-corrected chi connectivity index (χ1v) is 8.75. The molecule has 0 bridgehead atoms. The number of aryl methyl sites for hydroxylation is 3. The van der Waals surface area contributed by atoms with Gasteiger partial charge in [-0.05, 0) is 56.0 Å². The average molecular weight is 371 g/mol. The normalized spacial score (nSPS) is 16.0. The third kappa shape index (κ3) is 3.50. The molecular weight excluding hydrogens is 349 g/mol. The van der Waals surface area contributed by atoms with Gasteiger partial charge in [0.2, 0.25) is 5.91 Å². The van der Waals surface area contributed by atoms with Crippen molar-refractivity contribution in [1.82, 2.24) is 5.48 Å². The Balaban J connectivity index is 2.01. The number of hydrogen-bond acceptors (Lipinski definition) is 4. The lowest BCUT2D eigenvalue weighted by atomic mass is 9.99. The second kappa shape index (κ2) is 7.36. The van der Waals surface area contributed by atoms with E-state index in [2.05, 4.69) is 5.32 Å². The smallest absolute Gasteiger partial charge is 0.262 e. The molecule has 0 aromatic heterocycles. The van der Waals surface area contributed by atoms with Crippen molar-refractivity contribution in [1.29, 1.82) is 0 Å². The van der Waals surface area contributed by atoms with Crippen molar-refractivity contribution in [2.24, 2.45) is 0 Å². The Bertz CT molecular complexity index is 893. The topological polar surface area (TPSA) is 81.7 Å². The first-order valence-electron chi connectivity index (χ1n) is 8.75. The number of anilines is 2. The molecule has 0 radical (unpaired) electrons. The molecule has 1 aliphatic rings. The Morgan fingerprint density at radius 1 is 1.30 bits per heavy atom. The molecule has 1 atom stereocenters. The number of halogens is 1. The Morgan fingerprint density at radius 3 is 2.59 bits per heavy atom. The number of benzene rings is 2. The van der Waals surface area contributed by atoms with Gasteiger partial charge in [0, 0.05) is 6.42 Å². The minimum Gasteiger partial charge on any atom is -0.364 e. The van der Waals surface area contributed by atoms with Crippen LogP contribution < -0.4 is 15.7 Å². The van der Waals surface area contributed by atoms with Gasteiger partial charge >= 0.3 is 0 Å². The number of carbonyl (C=O) groups is 2. The van der Waals surface area contributed by atoms with E-state index in [1.165, 1.54) is 17.6 Å². The summed E-state index contributed by atoms with van der Waals surface area (Å²) < 4.78 is 14.4. The highest BCUT2D eigenvalue weighted by Crippen LogP contribution is 2.34. The van der Waals surface area contributed by atoms with Gasteiger partial charge in [0.1, 0.15) is 12.0 Å². The molecule has 0 aliphatic carbocycles. The van der Waals surface area contributed by atoms with E-state index in [1.54, 1.807) is 4.90 Å². The van der Waals surface area contributed by atoms with Crippen LogP contribution in [-0.4, -0.2) is 23.2 Å². The number of hydrogen-bond donors (Lipinski definition) is 3. The summed E-state index contributed by atoms with van der Waals surface area (Å²) in [5, 5.41) is 11.8. The van der Waals surface area contributed by atoms with Gasteiger partial charge in [-0.2, -0.15) is 0 Å². The van der Waals surface area contributed by atoms with E-state index in [9.17, 15) is 14.0 Å². The van der Waals surface area contributed by atoms with E-state index in [4.69, 9.17) is 5.21 Å². The summed E-state index contributed by atoms with van der Waals surface area (Å²) in [6, 6.07) is 8.60. The monoisotopic (exact) mass is 371 g/mol. The van der Waals surface area contributed by atoms with Crippen LogP contribution in [0.5, 0.6) is 0 Å². The van der Waals surface area contributed by atoms with Crippen molar-refractivity contribution in [2.75, 3.05) is 10.2 Å². The van der Waals surface area contributed by atoms with Crippen molar-refractivity contribution in [3.63, 3.8) is 0 Å². The lowest BCUT2D eigenvalue weighted by Crippen LogP contribution is -2.48. The summed E-state index contributed by atoms with van der Waals surface area (Å²) in [5.41, 5.74) is 5.35. The van der Waals surface area contributed by atoms with Crippen LogP contribution in [0, 0.1) is 19.7 Å². The standard InChI is InChI=1S/C20H22FN3O3/c1-11-5-4-6-12(2)19(11)24-13(3)22-17-10-16(21)14(7-8-18(25)23-27)9-15(17)20(24)26/h4-6,9-10,13,22,27H,7-8H2,1-3H3,(H,23,25). The molecule has 1 unspecified atom stereocenters. The third-order valence-electron chi connectivity index (χ3n) is 4.81. The van der Waals surface area contributed by atoms with Gasteiger partial charge in [0.25, 0.3) is 5.91 Å². The van der Waals surface area contributed by atoms with Gasteiger partial charge < -0.3 is 5.32 Å². The van der Waals surface area contributed by atoms with Gasteiger partial charge in [-0.1, -0.05) is 18.2 Å². The zero-order chi connectivity index (χ0) is 19.7. The number of fused-ring (bicyclic) bond motifs is 1. The van der Waals surface area contributed by atoms with Crippen LogP contribution in [0.25, 0.3) is 0 Å². The predicted octanol–water partition coefficient (Wildman–Crippen LogP) is 3.30. The molecule has 7 heteroatoms. The number of amides is 2. The van der Waals surface area contributed by atoms with Gasteiger partial charge in [-0.15, -0.1) is 0 Å². The summed E-state index contributed by atoms with van der Waals surface area (Å²) in [4.78, 5) is 26.1.